The van der Waals surface area contributed by atoms with Crippen molar-refractivity contribution in [2.75, 3.05) is 32.7 Å². The topological polar surface area (TPSA) is 106 Å². The first-order chi connectivity index (χ1) is 14.4. The molecule has 185 valence electrons. The smallest absolute Gasteiger partial charge is 0.407 e. The molecular weight excluding hydrogens is 525 g/mol. The second kappa shape index (κ2) is 15.3. The van der Waals surface area contributed by atoms with Gasteiger partial charge in [-0.05, 0) is 80.4 Å². The minimum atomic E-state index is -0.497. The lowest BCUT2D eigenvalue weighted by molar-refractivity contribution is -0.0000500. The van der Waals surface area contributed by atoms with Gasteiger partial charge in [0, 0.05) is 13.1 Å². The summed E-state index contributed by atoms with van der Waals surface area (Å²) in [6.07, 6.45) is 6.31. The Bertz CT molecular complexity index is 591. The van der Waals surface area contributed by atoms with Crippen LogP contribution in [0.5, 0.6) is 0 Å². The summed E-state index contributed by atoms with van der Waals surface area (Å²) in [5.41, 5.74) is -0.994. The fourth-order valence-corrected chi connectivity index (χ4v) is 2.85. The molecule has 1 heterocycles. The third-order valence-corrected chi connectivity index (χ3v) is 4.08. The Morgan fingerprint density at radius 3 is 1.78 bits per heavy atom. The van der Waals surface area contributed by atoms with Crippen molar-refractivity contribution in [3.8, 4) is 0 Å². The summed E-state index contributed by atoms with van der Waals surface area (Å²) >= 11 is 0. The summed E-state index contributed by atoms with van der Waals surface area (Å²) in [6, 6.07) is 0. The molecule has 0 unspecified atom stereocenters. The van der Waals surface area contributed by atoms with Gasteiger partial charge in [-0.2, -0.15) is 0 Å². The van der Waals surface area contributed by atoms with Gasteiger partial charge < -0.3 is 49.0 Å². The monoisotopic (exact) mass is 566 g/mol. The van der Waals surface area contributed by atoms with Crippen molar-refractivity contribution in [3.63, 3.8) is 0 Å². The van der Waals surface area contributed by atoms with Crippen LogP contribution in [0.15, 0.2) is 12.4 Å². The van der Waals surface area contributed by atoms with Crippen molar-refractivity contribution in [3.05, 3.63) is 12.4 Å². The number of nitrogens with zero attached hydrogens (tertiary/aromatic N) is 2. The van der Waals surface area contributed by atoms with Gasteiger partial charge in [-0.3, -0.25) is 0 Å². The van der Waals surface area contributed by atoms with Crippen molar-refractivity contribution in [2.45, 2.75) is 78.4 Å². The highest BCUT2D eigenvalue weighted by Crippen LogP contribution is 2.07. The highest BCUT2D eigenvalue weighted by molar-refractivity contribution is 5.83. The zero-order valence-electron chi connectivity index (χ0n) is 20.4. The van der Waals surface area contributed by atoms with E-state index >= 15 is 0 Å². The van der Waals surface area contributed by atoms with Gasteiger partial charge in [-0.1, -0.05) is 4.99 Å². The molecule has 9 nitrogen and oxygen atoms in total. The van der Waals surface area contributed by atoms with Crippen LogP contribution in [0.3, 0.4) is 0 Å². The van der Waals surface area contributed by atoms with Crippen LogP contribution in [-0.2, 0) is 9.47 Å². The Labute approximate surface area is 210 Å². The minimum absolute atomic E-state index is 0. The summed E-state index contributed by atoms with van der Waals surface area (Å²) in [4.78, 5) is 30.2. The SMILES string of the molecule is CC(C)(C)OC(=O)NCCCN(CCCNC(=O)OC(C)(C)C)CCCC1=[N+]C=CN1.[I-]. The lowest BCUT2D eigenvalue weighted by atomic mass is 10.2. The van der Waals surface area contributed by atoms with Crippen molar-refractivity contribution >= 4 is 18.0 Å². The molecule has 0 saturated carbocycles. The molecule has 3 N–H and O–H groups in total. The van der Waals surface area contributed by atoms with E-state index in [0.29, 0.717) is 13.1 Å². The molecule has 0 spiro atoms. The van der Waals surface area contributed by atoms with E-state index in [0.717, 1.165) is 51.2 Å². The Hall–Kier alpha value is -1.56. The van der Waals surface area contributed by atoms with E-state index < -0.39 is 23.4 Å². The summed E-state index contributed by atoms with van der Waals surface area (Å²) in [7, 11) is 0. The number of ether oxygens (including phenoxy) is 2. The second-order valence-corrected chi connectivity index (χ2v) is 9.55. The standard InChI is InChI=1S/C22H41N5O4.HI/c1-21(2,3)30-19(28)25-11-8-16-27(15-7-10-18-23-13-14-24-18)17-9-12-26-20(29)31-22(4,5)6;/h13-14,23H,7-12,15-17H2,1-6H3,(H,25,28)(H,26,29);1H/q+1;/p-1. The molecule has 0 aromatic carbocycles. The lowest BCUT2D eigenvalue weighted by Crippen LogP contribution is -3.00. The Morgan fingerprint density at radius 2 is 1.38 bits per heavy atom. The zero-order valence-corrected chi connectivity index (χ0v) is 22.6. The minimum Gasteiger partial charge on any atom is -1.00 e. The first-order valence-corrected chi connectivity index (χ1v) is 11.1. The molecule has 0 saturated heterocycles. The third kappa shape index (κ3) is 17.0. The number of aliphatic imine (C=N–C) groups is 1. The van der Waals surface area contributed by atoms with Crippen molar-refractivity contribution in [1.82, 2.24) is 25.8 Å². The molecule has 0 aromatic heterocycles. The largest absolute Gasteiger partial charge is 1.00 e. The van der Waals surface area contributed by atoms with Crippen LogP contribution in [0.4, 0.5) is 9.59 Å². The molecular formula is C22H41IN5O4. The maximum absolute atomic E-state index is 11.8. The third-order valence-electron chi connectivity index (χ3n) is 4.08. The average Bonchev–Trinajstić information content (AvgIpc) is 3.12. The molecule has 1 radical (unpaired) electrons. The molecule has 0 aromatic rings. The number of halogens is 1. The number of hydrogen-bond donors (Lipinski definition) is 3. The highest BCUT2D eigenvalue weighted by Gasteiger charge is 2.17. The summed E-state index contributed by atoms with van der Waals surface area (Å²) in [5, 5.41) is 8.73. The molecule has 1 rings (SSSR count). The molecule has 32 heavy (non-hydrogen) atoms. The fraction of sp³-hybridized carbons (Fsp3) is 0.773. The van der Waals surface area contributed by atoms with Crippen LogP contribution in [0.25, 0.3) is 0 Å². The predicted molar refractivity (Wildman–Crippen MR) is 123 cm³/mol. The van der Waals surface area contributed by atoms with E-state index in [1.807, 2.05) is 47.7 Å². The van der Waals surface area contributed by atoms with Gasteiger partial charge in [0.15, 0.2) is 6.20 Å². The molecule has 2 amide bonds. The average molecular weight is 567 g/mol. The normalized spacial score (nSPS) is 13.2. The quantitative estimate of drug-likeness (QED) is 0.222. The maximum Gasteiger partial charge on any atom is 0.407 e. The first kappa shape index (κ1) is 30.4. The van der Waals surface area contributed by atoms with Crippen LogP contribution in [0.2, 0.25) is 0 Å². The molecule has 10 heteroatoms. The lowest BCUT2D eigenvalue weighted by Gasteiger charge is -2.23. The number of nitrogens with one attached hydrogen (secondary N) is 3. The van der Waals surface area contributed by atoms with Gasteiger partial charge in [-0.25, -0.2) is 14.9 Å². The Balaban J connectivity index is 0.00000961. The van der Waals surface area contributed by atoms with E-state index in [4.69, 9.17) is 9.47 Å². The molecule has 0 aliphatic carbocycles. The number of carbonyl (C=O) groups is 2. The number of amides is 2. The molecule has 1 aliphatic heterocycles. The van der Waals surface area contributed by atoms with Gasteiger partial charge >= 0.3 is 12.2 Å². The van der Waals surface area contributed by atoms with E-state index in [9.17, 15) is 9.59 Å². The van der Waals surface area contributed by atoms with Crippen molar-refractivity contribution in [1.29, 1.82) is 0 Å². The molecule has 1 aliphatic rings. The van der Waals surface area contributed by atoms with Crippen LogP contribution in [0.1, 0.15) is 67.2 Å². The van der Waals surface area contributed by atoms with Gasteiger partial charge in [0.25, 0.3) is 5.84 Å². The number of alkyl carbamates (subject to hydrolysis) is 2. The number of hydrogen-bond acceptors (Lipinski definition) is 7. The summed E-state index contributed by atoms with van der Waals surface area (Å²) < 4.78 is 10.5. The van der Waals surface area contributed by atoms with E-state index in [2.05, 4.69) is 25.8 Å². The second-order valence-electron chi connectivity index (χ2n) is 9.55. The Morgan fingerprint density at radius 1 is 0.906 bits per heavy atom. The number of amidine groups is 1. The predicted octanol–water partition coefficient (Wildman–Crippen LogP) is -0.289. The van der Waals surface area contributed by atoms with Gasteiger partial charge in [-0.15, -0.1) is 0 Å². The summed E-state index contributed by atoms with van der Waals surface area (Å²) in [5.74, 6) is 0.984. The summed E-state index contributed by atoms with van der Waals surface area (Å²) in [6.45, 7) is 14.8. The van der Waals surface area contributed by atoms with E-state index in [1.165, 1.54) is 0 Å². The van der Waals surface area contributed by atoms with Gasteiger partial charge in [0.1, 0.15) is 17.4 Å². The van der Waals surface area contributed by atoms with E-state index in [1.54, 1.807) is 6.20 Å². The van der Waals surface area contributed by atoms with Crippen LogP contribution in [-0.4, -0.2) is 66.8 Å². The van der Waals surface area contributed by atoms with Crippen molar-refractivity contribution < 1.29 is 43.0 Å². The van der Waals surface area contributed by atoms with Crippen LogP contribution < -0.4 is 44.9 Å². The molecule has 0 bridgehead atoms. The highest BCUT2D eigenvalue weighted by atomic mass is 127. The van der Waals surface area contributed by atoms with Crippen molar-refractivity contribution in [2.24, 2.45) is 0 Å². The van der Waals surface area contributed by atoms with Crippen LogP contribution in [0, 0.1) is 0 Å². The number of carbonyl (C=O) groups excluding carboxylic acids is 2. The first-order valence-electron chi connectivity index (χ1n) is 11.1. The number of rotatable bonds is 12. The zero-order chi connectivity index (χ0) is 23.3. The van der Waals surface area contributed by atoms with Gasteiger partial charge in [0.2, 0.25) is 0 Å². The Kier molecular flexibility index (Phi) is 14.6. The fourth-order valence-electron chi connectivity index (χ4n) is 2.85. The van der Waals surface area contributed by atoms with Crippen LogP contribution >= 0.6 is 0 Å². The maximum atomic E-state index is 11.8. The molecule has 0 fully saturated rings. The molecule has 0 atom stereocenters. The van der Waals surface area contributed by atoms with E-state index in [-0.39, 0.29) is 24.0 Å². The van der Waals surface area contributed by atoms with Gasteiger partial charge in [0.05, 0.1) is 6.42 Å².